The second kappa shape index (κ2) is 11.9. The summed E-state index contributed by atoms with van der Waals surface area (Å²) in [5, 5.41) is 10.6. The molecule has 7 nitrogen and oxygen atoms in total. The number of guanidine groups is 1. The molecule has 0 radical (unpaired) electrons. The van der Waals surface area contributed by atoms with Crippen LogP contribution in [0.15, 0.2) is 39.8 Å². The van der Waals surface area contributed by atoms with Crippen molar-refractivity contribution < 1.29 is 9.32 Å². The molecule has 0 spiro atoms. The van der Waals surface area contributed by atoms with Crippen molar-refractivity contribution in [2.45, 2.75) is 59.2 Å². The van der Waals surface area contributed by atoms with Crippen molar-refractivity contribution in [3.63, 3.8) is 0 Å². The van der Waals surface area contributed by atoms with Gasteiger partial charge in [-0.3, -0.25) is 4.79 Å². The van der Waals surface area contributed by atoms with Gasteiger partial charge in [0, 0.05) is 32.1 Å². The van der Waals surface area contributed by atoms with E-state index >= 15 is 0 Å². The number of nitrogens with zero attached hydrogens (tertiary/aromatic N) is 3. The number of amides is 1. The first-order valence-electron chi connectivity index (χ1n) is 10.4. The molecule has 0 aliphatic carbocycles. The zero-order valence-corrected chi connectivity index (χ0v) is 20.3. The minimum absolute atomic E-state index is 0. The highest BCUT2D eigenvalue weighted by molar-refractivity contribution is 14.0. The lowest BCUT2D eigenvalue weighted by molar-refractivity contribution is -0.128. The predicted molar refractivity (Wildman–Crippen MR) is 129 cm³/mol. The Labute approximate surface area is 195 Å². The van der Waals surface area contributed by atoms with E-state index in [1.807, 2.05) is 24.0 Å². The molecule has 0 saturated carbocycles. The fourth-order valence-corrected chi connectivity index (χ4v) is 3.29. The quantitative estimate of drug-likeness (QED) is 0.312. The molecule has 8 heteroatoms. The van der Waals surface area contributed by atoms with Gasteiger partial charge in [0.1, 0.15) is 0 Å². The van der Waals surface area contributed by atoms with Crippen LogP contribution in [0.1, 0.15) is 62.1 Å². The van der Waals surface area contributed by atoms with E-state index in [0.717, 1.165) is 48.1 Å². The number of halogens is 1. The smallest absolute Gasteiger partial charge is 0.222 e. The zero-order chi connectivity index (χ0) is 20.6. The number of carbonyl (C=O) groups excluding carboxylic acids is 1. The molecule has 1 aromatic heterocycles. The normalized spacial score (nSPS) is 14.2. The van der Waals surface area contributed by atoms with E-state index in [9.17, 15) is 4.79 Å². The minimum atomic E-state index is 0. The third kappa shape index (κ3) is 7.00. The Hall–Kier alpha value is -2.10. The highest BCUT2D eigenvalue weighted by Gasteiger charge is 2.19. The van der Waals surface area contributed by atoms with Gasteiger partial charge in [0.15, 0.2) is 11.7 Å². The molecule has 0 bridgehead atoms. The highest BCUT2D eigenvalue weighted by atomic mass is 127. The van der Waals surface area contributed by atoms with Gasteiger partial charge in [0.05, 0.1) is 18.8 Å². The molecular weight excluding hydrogens is 493 g/mol. The van der Waals surface area contributed by atoms with Crippen LogP contribution < -0.4 is 10.6 Å². The Bertz CT molecular complexity index is 850. The largest absolute Gasteiger partial charge is 0.359 e. The van der Waals surface area contributed by atoms with Crippen molar-refractivity contribution in [2.75, 3.05) is 13.1 Å². The topological polar surface area (TPSA) is 82.8 Å². The number of rotatable bonds is 8. The molecule has 3 rings (SSSR count). The van der Waals surface area contributed by atoms with Crippen LogP contribution in [0.4, 0.5) is 0 Å². The summed E-state index contributed by atoms with van der Waals surface area (Å²) < 4.78 is 5.38. The average Bonchev–Trinajstić information content (AvgIpc) is 3.34. The first kappa shape index (κ1) is 24.2. The summed E-state index contributed by atoms with van der Waals surface area (Å²) in [7, 11) is 0. The molecule has 1 aromatic carbocycles. The Morgan fingerprint density at radius 3 is 2.73 bits per heavy atom. The Kier molecular flexibility index (Phi) is 9.61. The fraction of sp³-hybridized carbons (Fsp3) is 0.500. The molecule has 1 amide bonds. The summed E-state index contributed by atoms with van der Waals surface area (Å²) in [6.45, 7) is 9.62. The lowest BCUT2D eigenvalue weighted by Crippen LogP contribution is -2.36. The molecule has 30 heavy (non-hydrogen) atoms. The lowest BCUT2D eigenvalue weighted by Gasteiger charge is -2.16. The van der Waals surface area contributed by atoms with Crippen molar-refractivity contribution in [1.82, 2.24) is 20.7 Å². The molecule has 2 heterocycles. The summed E-state index contributed by atoms with van der Waals surface area (Å²) in [6.07, 6.45) is 1.63. The van der Waals surface area contributed by atoms with Crippen LogP contribution in [0.5, 0.6) is 0 Å². The number of hydrogen-bond donors (Lipinski definition) is 2. The maximum atomic E-state index is 11.9. The number of aliphatic imine (C=N–C) groups is 1. The minimum Gasteiger partial charge on any atom is -0.359 e. The Morgan fingerprint density at radius 1 is 1.27 bits per heavy atom. The van der Waals surface area contributed by atoms with Crippen LogP contribution in [0.2, 0.25) is 0 Å². The molecule has 2 N–H and O–H groups in total. The monoisotopic (exact) mass is 525 g/mol. The number of nitrogens with one attached hydrogen (secondary N) is 2. The molecule has 2 aromatic rings. The summed E-state index contributed by atoms with van der Waals surface area (Å²) in [4.78, 5) is 18.5. The van der Waals surface area contributed by atoms with Crippen LogP contribution in [-0.2, 0) is 24.4 Å². The van der Waals surface area contributed by atoms with E-state index in [4.69, 9.17) is 4.52 Å². The SMILES string of the molecule is CCNC(=NCc1cccc(CN2CCCC2=O)c1)NCc1cc(C(C)C)no1.I. The zero-order valence-electron chi connectivity index (χ0n) is 18.0. The van der Waals surface area contributed by atoms with Crippen LogP contribution >= 0.6 is 24.0 Å². The first-order valence-corrected chi connectivity index (χ1v) is 10.4. The Morgan fingerprint density at radius 2 is 2.07 bits per heavy atom. The van der Waals surface area contributed by atoms with Gasteiger partial charge < -0.3 is 20.1 Å². The first-order chi connectivity index (χ1) is 14.0. The second-order valence-electron chi connectivity index (χ2n) is 7.66. The van der Waals surface area contributed by atoms with Crippen LogP contribution in [0.25, 0.3) is 0 Å². The summed E-state index contributed by atoms with van der Waals surface area (Å²) >= 11 is 0. The van der Waals surface area contributed by atoms with Crippen molar-refractivity contribution in [1.29, 1.82) is 0 Å². The van der Waals surface area contributed by atoms with E-state index in [-0.39, 0.29) is 29.9 Å². The van der Waals surface area contributed by atoms with Gasteiger partial charge in [-0.15, -0.1) is 24.0 Å². The Balaban J connectivity index is 0.00000320. The fourth-order valence-electron chi connectivity index (χ4n) is 3.29. The maximum Gasteiger partial charge on any atom is 0.222 e. The van der Waals surface area contributed by atoms with Gasteiger partial charge in [-0.05, 0) is 30.4 Å². The third-order valence-electron chi connectivity index (χ3n) is 4.90. The molecule has 164 valence electrons. The molecule has 1 aliphatic rings. The van der Waals surface area contributed by atoms with Crippen molar-refractivity contribution in [3.05, 3.63) is 52.9 Å². The van der Waals surface area contributed by atoms with E-state index in [1.54, 1.807) is 0 Å². The number of hydrogen-bond acceptors (Lipinski definition) is 4. The van der Waals surface area contributed by atoms with Crippen molar-refractivity contribution in [2.24, 2.45) is 4.99 Å². The number of benzene rings is 1. The summed E-state index contributed by atoms with van der Waals surface area (Å²) in [6, 6.07) is 10.3. The van der Waals surface area contributed by atoms with Gasteiger partial charge in [0.25, 0.3) is 0 Å². The molecule has 0 unspecified atom stereocenters. The molecule has 0 atom stereocenters. The van der Waals surface area contributed by atoms with Gasteiger partial charge in [-0.2, -0.15) is 0 Å². The molecule has 1 saturated heterocycles. The number of carbonyl (C=O) groups is 1. The predicted octanol–water partition coefficient (Wildman–Crippen LogP) is 3.79. The molecular formula is C22H32IN5O2. The third-order valence-corrected chi connectivity index (χ3v) is 4.90. The maximum absolute atomic E-state index is 11.9. The van der Waals surface area contributed by atoms with Gasteiger partial charge in [-0.1, -0.05) is 43.3 Å². The number of likely N-dealkylation sites (tertiary alicyclic amines) is 1. The van der Waals surface area contributed by atoms with Crippen LogP contribution in [0.3, 0.4) is 0 Å². The van der Waals surface area contributed by atoms with Crippen LogP contribution in [0, 0.1) is 0 Å². The second-order valence-corrected chi connectivity index (χ2v) is 7.66. The highest BCUT2D eigenvalue weighted by Crippen LogP contribution is 2.16. The molecule has 1 fully saturated rings. The summed E-state index contributed by atoms with van der Waals surface area (Å²) in [5.74, 6) is 2.12. The number of aromatic nitrogens is 1. The van der Waals surface area contributed by atoms with E-state index in [2.05, 4.69) is 52.8 Å². The lowest BCUT2D eigenvalue weighted by atomic mass is 10.1. The molecule has 1 aliphatic heterocycles. The van der Waals surface area contributed by atoms with Gasteiger partial charge in [-0.25, -0.2) is 4.99 Å². The van der Waals surface area contributed by atoms with E-state index in [1.165, 1.54) is 0 Å². The standard InChI is InChI=1S/C22H31N5O2.HI/c1-4-23-22(25-14-19-12-20(16(2)3)26-29-19)24-13-17-7-5-8-18(11-17)15-27-10-6-9-21(27)28;/h5,7-8,11-12,16H,4,6,9-10,13-15H2,1-3H3,(H2,23,24,25);1H. The van der Waals surface area contributed by atoms with Gasteiger partial charge >= 0.3 is 0 Å². The average molecular weight is 525 g/mol. The van der Waals surface area contributed by atoms with Gasteiger partial charge in [0.2, 0.25) is 5.91 Å². The van der Waals surface area contributed by atoms with Crippen molar-refractivity contribution >= 4 is 35.8 Å². The van der Waals surface area contributed by atoms with E-state index in [0.29, 0.717) is 32.0 Å². The van der Waals surface area contributed by atoms with E-state index < -0.39 is 0 Å². The van der Waals surface area contributed by atoms with Crippen LogP contribution in [-0.4, -0.2) is 35.0 Å². The summed E-state index contributed by atoms with van der Waals surface area (Å²) in [5.41, 5.74) is 3.22. The van der Waals surface area contributed by atoms with Crippen molar-refractivity contribution in [3.8, 4) is 0 Å².